The van der Waals surface area contributed by atoms with Crippen molar-refractivity contribution in [2.45, 2.75) is 43.5 Å². The molecule has 4 N–H and O–H groups in total. The predicted octanol–water partition coefficient (Wildman–Crippen LogP) is 5.45. The molecule has 3 aromatic carbocycles. The minimum absolute atomic E-state index is 0.0722. The zero-order valence-corrected chi connectivity index (χ0v) is 27.9. The van der Waals surface area contributed by atoms with Gasteiger partial charge in [-0.25, -0.2) is 14.6 Å². The molecule has 256 valence electrons. The van der Waals surface area contributed by atoms with Gasteiger partial charge in [-0.15, -0.1) is 0 Å². The van der Waals surface area contributed by atoms with E-state index in [0.717, 1.165) is 16.7 Å². The average Bonchev–Trinajstić information content (AvgIpc) is 3.13. The second-order valence-electron chi connectivity index (χ2n) is 11.6. The first-order chi connectivity index (χ1) is 23.9. The number of nitrogens with one attached hydrogen (secondary N) is 4. The number of aryl methyl sites for hydroxylation is 1. The smallest absolute Gasteiger partial charge is 0.407 e. The molecule has 0 unspecified atom stereocenters. The molecule has 12 heteroatoms. The zero-order valence-electron chi connectivity index (χ0n) is 27.1. The number of hydrogen-bond acceptors (Lipinski definition) is 8. The fraction of sp³-hybridized carbons (Fsp3) is 0.297. The van der Waals surface area contributed by atoms with Crippen molar-refractivity contribution >= 4 is 35.4 Å². The number of alkyl carbamates (subject to hydrolysis) is 2. The number of carbonyl (C=O) groups excluding carboxylic acids is 3. The monoisotopic (exact) mass is 685 g/mol. The number of carbonyl (C=O) groups is 3. The largest absolute Gasteiger partial charge is 0.453 e. The lowest BCUT2D eigenvalue weighted by Gasteiger charge is -2.30. The average molecular weight is 686 g/mol. The first-order valence-electron chi connectivity index (χ1n) is 16.1. The molecule has 1 aliphatic rings. The Labute approximate surface area is 290 Å². The number of benzene rings is 3. The maximum Gasteiger partial charge on any atom is 0.407 e. The standard InChI is InChI=1S/C37H40ClN5O6/c1-47-37(46)43-34(33(26-12-4-2-5-13-26)27-14-6-3-7-15-27)35(44)42-31-17-9-8-11-25(31)19-20-30-22-39-29(23-48-30)24-49-36(45)40-21-28-16-10-18-32(38)41-28/h2-18,29-30,33-34,39H,19-24H2,1H3,(H,40,45)(H,42,44)(H,43,46)/t29-,30+,34-/m0/s1. The number of rotatable bonds is 13. The van der Waals surface area contributed by atoms with E-state index >= 15 is 0 Å². The maximum absolute atomic E-state index is 14.0. The topological polar surface area (TPSA) is 140 Å². The van der Waals surface area contributed by atoms with Gasteiger partial charge in [0, 0.05) is 18.2 Å². The minimum atomic E-state index is -0.967. The van der Waals surface area contributed by atoms with Gasteiger partial charge in [0.15, 0.2) is 0 Å². The second-order valence-corrected chi connectivity index (χ2v) is 11.9. The molecule has 0 aliphatic carbocycles. The van der Waals surface area contributed by atoms with Crippen molar-refractivity contribution in [3.63, 3.8) is 0 Å². The van der Waals surface area contributed by atoms with Crippen LogP contribution in [0.1, 0.15) is 34.7 Å². The minimum Gasteiger partial charge on any atom is -0.453 e. The summed E-state index contributed by atoms with van der Waals surface area (Å²) in [6.07, 6.45) is 0.0108. The van der Waals surface area contributed by atoms with Crippen LogP contribution in [0.5, 0.6) is 0 Å². The van der Waals surface area contributed by atoms with Gasteiger partial charge in [-0.1, -0.05) is 96.5 Å². The third kappa shape index (κ3) is 10.5. The van der Waals surface area contributed by atoms with Crippen molar-refractivity contribution < 1.29 is 28.6 Å². The van der Waals surface area contributed by atoms with Gasteiger partial charge in [0.25, 0.3) is 0 Å². The van der Waals surface area contributed by atoms with Gasteiger partial charge in [-0.3, -0.25) is 4.79 Å². The molecule has 0 bridgehead atoms. The molecular formula is C37H40ClN5O6. The highest BCUT2D eigenvalue weighted by atomic mass is 35.5. The van der Waals surface area contributed by atoms with Crippen LogP contribution in [0.15, 0.2) is 103 Å². The fourth-order valence-electron chi connectivity index (χ4n) is 5.67. The number of halogens is 1. The second kappa shape index (κ2) is 18.0. The molecule has 4 aromatic rings. The summed E-state index contributed by atoms with van der Waals surface area (Å²) in [6, 6.07) is 30.9. The number of aromatic nitrogens is 1. The quantitative estimate of drug-likeness (QED) is 0.136. The van der Waals surface area contributed by atoms with E-state index in [2.05, 4.69) is 26.3 Å². The summed E-state index contributed by atoms with van der Waals surface area (Å²) >= 11 is 5.89. The van der Waals surface area contributed by atoms with Gasteiger partial charge in [0.05, 0.1) is 38.1 Å². The Hall–Kier alpha value is -4.97. The lowest BCUT2D eigenvalue weighted by molar-refractivity contribution is -0.118. The highest BCUT2D eigenvalue weighted by Crippen LogP contribution is 2.30. The lowest BCUT2D eigenvalue weighted by atomic mass is 9.84. The van der Waals surface area contributed by atoms with Gasteiger partial charge < -0.3 is 35.5 Å². The molecule has 1 aromatic heterocycles. The first-order valence-corrected chi connectivity index (χ1v) is 16.5. The summed E-state index contributed by atoms with van der Waals surface area (Å²) in [5.41, 5.74) is 3.97. The molecule has 1 aliphatic heterocycles. The first kappa shape index (κ1) is 35.3. The molecule has 0 saturated carbocycles. The van der Waals surface area contributed by atoms with Crippen LogP contribution in [-0.2, 0) is 32.0 Å². The van der Waals surface area contributed by atoms with Crippen molar-refractivity contribution in [3.8, 4) is 0 Å². The summed E-state index contributed by atoms with van der Waals surface area (Å²) in [5.74, 6) is -0.847. The number of amides is 3. The van der Waals surface area contributed by atoms with Gasteiger partial charge in [-0.05, 0) is 47.7 Å². The summed E-state index contributed by atoms with van der Waals surface area (Å²) in [7, 11) is 1.27. The molecule has 2 heterocycles. The van der Waals surface area contributed by atoms with Gasteiger partial charge in [0.2, 0.25) is 5.91 Å². The molecule has 0 radical (unpaired) electrons. The van der Waals surface area contributed by atoms with Crippen molar-refractivity contribution in [1.82, 2.24) is 20.9 Å². The van der Waals surface area contributed by atoms with E-state index in [-0.39, 0.29) is 31.2 Å². The predicted molar refractivity (Wildman–Crippen MR) is 186 cm³/mol. The summed E-state index contributed by atoms with van der Waals surface area (Å²) in [6.45, 7) is 1.33. The molecule has 5 rings (SSSR count). The molecule has 3 amide bonds. The van der Waals surface area contributed by atoms with E-state index in [4.69, 9.17) is 25.8 Å². The van der Waals surface area contributed by atoms with Crippen LogP contribution in [0.3, 0.4) is 0 Å². The van der Waals surface area contributed by atoms with Crippen molar-refractivity contribution in [2.24, 2.45) is 0 Å². The molecular weight excluding hydrogens is 646 g/mol. The summed E-state index contributed by atoms with van der Waals surface area (Å²) in [4.78, 5) is 42.8. The van der Waals surface area contributed by atoms with Crippen LogP contribution in [0, 0.1) is 0 Å². The third-order valence-corrected chi connectivity index (χ3v) is 8.38. The molecule has 3 atom stereocenters. The molecule has 1 saturated heterocycles. The maximum atomic E-state index is 14.0. The Bertz CT molecular complexity index is 1630. The Morgan fingerprint density at radius 2 is 1.61 bits per heavy atom. The number of morpholine rings is 1. The molecule has 0 spiro atoms. The Morgan fingerprint density at radius 1 is 0.918 bits per heavy atom. The highest BCUT2D eigenvalue weighted by Gasteiger charge is 2.33. The number of anilines is 1. The third-order valence-electron chi connectivity index (χ3n) is 8.17. The number of nitrogens with zero attached hydrogens (tertiary/aromatic N) is 1. The Morgan fingerprint density at radius 3 is 2.27 bits per heavy atom. The van der Waals surface area contributed by atoms with Crippen LogP contribution in [0.25, 0.3) is 0 Å². The SMILES string of the molecule is COC(=O)N[C@H](C(=O)Nc1ccccc1CC[C@@H]1CN[C@H](COC(=O)NCc2cccc(Cl)n2)CO1)C(c1ccccc1)c1ccccc1. The molecule has 11 nitrogen and oxygen atoms in total. The van der Waals surface area contributed by atoms with Crippen molar-refractivity contribution in [2.75, 3.05) is 32.2 Å². The van der Waals surface area contributed by atoms with E-state index in [1.165, 1.54) is 7.11 Å². The van der Waals surface area contributed by atoms with E-state index in [0.29, 0.717) is 42.5 Å². The van der Waals surface area contributed by atoms with Crippen molar-refractivity contribution in [1.29, 1.82) is 0 Å². The number of para-hydroxylation sites is 1. The Balaban J connectivity index is 1.16. The normalized spacial score (nSPS) is 16.3. The van der Waals surface area contributed by atoms with E-state index in [1.54, 1.807) is 18.2 Å². The van der Waals surface area contributed by atoms with Crippen LogP contribution in [0.2, 0.25) is 5.15 Å². The fourth-order valence-corrected chi connectivity index (χ4v) is 5.85. The Kier molecular flexibility index (Phi) is 13.0. The van der Waals surface area contributed by atoms with Crippen molar-refractivity contribution in [3.05, 3.63) is 131 Å². The highest BCUT2D eigenvalue weighted by molar-refractivity contribution is 6.29. The van der Waals surface area contributed by atoms with Crippen LogP contribution in [-0.4, -0.2) is 68.1 Å². The van der Waals surface area contributed by atoms with Gasteiger partial charge in [-0.2, -0.15) is 0 Å². The zero-order chi connectivity index (χ0) is 34.4. The molecule has 1 fully saturated rings. The van der Waals surface area contributed by atoms with E-state index < -0.39 is 24.1 Å². The van der Waals surface area contributed by atoms with Crippen LogP contribution >= 0.6 is 11.6 Å². The van der Waals surface area contributed by atoms with E-state index in [9.17, 15) is 14.4 Å². The lowest BCUT2D eigenvalue weighted by Crippen LogP contribution is -2.49. The summed E-state index contributed by atoms with van der Waals surface area (Å²) < 4.78 is 16.3. The van der Waals surface area contributed by atoms with E-state index in [1.807, 2.05) is 84.9 Å². The number of ether oxygens (including phenoxy) is 3. The number of hydrogen-bond donors (Lipinski definition) is 4. The summed E-state index contributed by atoms with van der Waals surface area (Å²) in [5, 5.41) is 12.3. The number of methoxy groups -OCH3 is 1. The van der Waals surface area contributed by atoms with Crippen LogP contribution in [0.4, 0.5) is 15.3 Å². The number of pyridine rings is 1. The van der Waals surface area contributed by atoms with Gasteiger partial charge >= 0.3 is 12.2 Å². The van der Waals surface area contributed by atoms with Crippen LogP contribution < -0.4 is 21.3 Å². The van der Waals surface area contributed by atoms with Gasteiger partial charge in [0.1, 0.15) is 17.8 Å². The molecule has 49 heavy (non-hydrogen) atoms.